The number of rotatable bonds is 7. The molecular weight excluding hydrogens is 395 g/mol. The van der Waals surface area contributed by atoms with Gasteiger partial charge in [0.15, 0.2) is 0 Å². The average molecular weight is 421 g/mol. The summed E-state index contributed by atoms with van der Waals surface area (Å²) in [5, 5.41) is 4.71. The highest BCUT2D eigenvalue weighted by Crippen LogP contribution is 2.58. The van der Waals surface area contributed by atoms with Crippen LogP contribution < -0.4 is 5.73 Å². The molecule has 30 heavy (non-hydrogen) atoms. The number of hydrogen-bond donors (Lipinski definition) is 1. The van der Waals surface area contributed by atoms with Gasteiger partial charge in [-0.05, 0) is 42.7 Å². The number of nitrogen functional groups attached to an aromatic ring is 1. The topological polar surface area (TPSA) is 69.2 Å². The summed E-state index contributed by atoms with van der Waals surface area (Å²) in [6.07, 6.45) is -0.763. The van der Waals surface area contributed by atoms with E-state index in [-0.39, 0.29) is 0 Å². The molecule has 1 unspecified atom stereocenters. The van der Waals surface area contributed by atoms with Crippen molar-refractivity contribution >= 4 is 5.82 Å². The lowest BCUT2D eigenvalue weighted by Crippen LogP contribution is -2.28. The molecule has 6 nitrogen and oxygen atoms in total. The summed E-state index contributed by atoms with van der Waals surface area (Å²) in [4.78, 5) is 6.21. The van der Waals surface area contributed by atoms with Gasteiger partial charge in [0, 0.05) is 56.7 Å². The molecule has 9 heteroatoms. The molecule has 2 saturated carbocycles. The van der Waals surface area contributed by atoms with Gasteiger partial charge in [0.1, 0.15) is 5.82 Å². The van der Waals surface area contributed by atoms with Gasteiger partial charge in [-0.3, -0.25) is 4.68 Å². The molecule has 162 valence electrons. The number of halogens is 3. The van der Waals surface area contributed by atoms with Crippen molar-refractivity contribution in [1.82, 2.24) is 19.7 Å². The van der Waals surface area contributed by atoms with Gasteiger partial charge < -0.3 is 15.4 Å². The van der Waals surface area contributed by atoms with Crippen molar-refractivity contribution < 1.29 is 17.9 Å². The van der Waals surface area contributed by atoms with Gasteiger partial charge in [-0.25, -0.2) is 4.98 Å². The van der Waals surface area contributed by atoms with Crippen LogP contribution in [0, 0.1) is 17.8 Å². The molecule has 1 aliphatic heterocycles. The number of nitrogens with zero attached hydrogens (tertiary/aromatic N) is 4. The summed E-state index contributed by atoms with van der Waals surface area (Å²) in [5.41, 5.74) is 6.62. The predicted molar refractivity (Wildman–Crippen MR) is 106 cm³/mol. The maximum absolute atomic E-state index is 13.3. The van der Waals surface area contributed by atoms with Gasteiger partial charge >= 0.3 is 6.18 Å². The SMILES string of the molecule is COCCN1C[C@@H]2C(c3cc(-c4cnc(N)c(C(F)(F)F)c4)nn3CC3CC3)[C@@H]2C1. The lowest BCUT2D eigenvalue weighted by molar-refractivity contribution is -0.137. The first kappa shape index (κ1) is 19.8. The maximum Gasteiger partial charge on any atom is 0.419 e. The molecule has 5 rings (SSSR count). The fourth-order valence-electron chi connectivity index (χ4n) is 4.83. The molecule has 0 bridgehead atoms. The summed E-state index contributed by atoms with van der Waals surface area (Å²) in [7, 11) is 1.72. The summed E-state index contributed by atoms with van der Waals surface area (Å²) >= 11 is 0. The number of pyridine rings is 1. The van der Waals surface area contributed by atoms with Crippen LogP contribution in [0.2, 0.25) is 0 Å². The molecule has 0 spiro atoms. The Labute approximate surface area is 173 Å². The maximum atomic E-state index is 13.3. The van der Waals surface area contributed by atoms with E-state index in [4.69, 9.17) is 15.6 Å². The van der Waals surface area contributed by atoms with E-state index in [1.54, 1.807) is 7.11 Å². The van der Waals surface area contributed by atoms with Crippen LogP contribution in [0.5, 0.6) is 0 Å². The number of fused-ring (bicyclic) bond motifs is 1. The third-order valence-corrected chi connectivity index (χ3v) is 6.68. The van der Waals surface area contributed by atoms with E-state index >= 15 is 0 Å². The summed E-state index contributed by atoms with van der Waals surface area (Å²) < 4.78 is 47.0. The predicted octanol–water partition coefficient (Wildman–Crippen LogP) is 3.25. The first-order valence-electron chi connectivity index (χ1n) is 10.5. The van der Waals surface area contributed by atoms with E-state index in [9.17, 15) is 13.2 Å². The number of anilines is 1. The lowest BCUT2D eigenvalue weighted by Gasteiger charge is -2.19. The summed E-state index contributed by atoms with van der Waals surface area (Å²) in [6.45, 7) is 4.61. The minimum absolute atomic E-state index is 0.361. The van der Waals surface area contributed by atoms with Crippen molar-refractivity contribution in [2.24, 2.45) is 17.8 Å². The van der Waals surface area contributed by atoms with E-state index in [2.05, 4.69) is 9.88 Å². The molecule has 1 saturated heterocycles. The monoisotopic (exact) mass is 421 g/mol. The minimum atomic E-state index is -4.54. The Morgan fingerprint density at radius 1 is 1.20 bits per heavy atom. The number of ether oxygens (including phenoxy) is 1. The largest absolute Gasteiger partial charge is 0.419 e. The highest BCUT2D eigenvalue weighted by molar-refractivity contribution is 5.63. The smallest absolute Gasteiger partial charge is 0.383 e. The Morgan fingerprint density at radius 3 is 2.57 bits per heavy atom. The first-order valence-corrected chi connectivity index (χ1v) is 10.5. The van der Waals surface area contributed by atoms with Crippen molar-refractivity contribution in [2.45, 2.75) is 31.5 Å². The Bertz CT molecular complexity index is 927. The van der Waals surface area contributed by atoms with Gasteiger partial charge in [0.2, 0.25) is 0 Å². The molecule has 3 fully saturated rings. The van der Waals surface area contributed by atoms with Crippen molar-refractivity contribution in [2.75, 3.05) is 39.1 Å². The molecule has 3 aliphatic rings. The third-order valence-electron chi connectivity index (χ3n) is 6.68. The van der Waals surface area contributed by atoms with E-state index in [0.717, 1.165) is 44.5 Å². The first-order chi connectivity index (χ1) is 14.3. The standard InChI is InChI=1S/C21H26F3N5O/c1-30-5-4-28-10-14-15(11-28)19(14)18-7-17(27-29(18)9-12-2-3-12)13-6-16(21(22,23)24)20(25)26-8-13/h6-8,12,14-15,19H,2-5,9-11H2,1H3,(H2,25,26)/t14-,15+,19?. The van der Waals surface area contributed by atoms with Gasteiger partial charge in [-0.15, -0.1) is 0 Å². The molecule has 3 heterocycles. The Morgan fingerprint density at radius 2 is 1.93 bits per heavy atom. The Kier molecular flexibility index (Phi) is 4.77. The van der Waals surface area contributed by atoms with E-state index in [1.165, 1.54) is 19.0 Å². The molecule has 2 aromatic rings. The van der Waals surface area contributed by atoms with E-state index < -0.39 is 17.6 Å². The summed E-state index contributed by atoms with van der Waals surface area (Å²) in [6, 6.07) is 3.04. The van der Waals surface area contributed by atoms with Gasteiger partial charge in [-0.2, -0.15) is 18.3 Å². The number of aromatic nitrogens is 3. The van der Waals surface area contributed by atoms with Crippen LogP contribution in [0.4, 0.5) is 19.0 Å². The fraction of sp³-hybridized carbons (Fsp3) is 0.619. The molecule has 2 N–H and O–H groups in total. The second-order valence-corrected chi connectivity index (χ2v) is 8.84. The highest BCUT2D eigenvalue weighted by atomic mass is 19.4. The number of nitrogens with two attached hydrogens (primary N) is 1. The zero-order valence-corrected chi connectivity index (χ0v) is 16.9. The summed E-state index contributed by atoms with van der Waals surface area (Å²) in [5.74, 6) is 1.76. The molecule has 0 radical (unpaired) electrons. The third kappa shape index (κ3) is 3.69. The highest BCUT2D eigenvalue weighted by Gasteiger charge is 2.57. The quantitative estimate of drug-likeness (QED) is 0.743. The van der Waals surface area contributed by atoms with E-state index in [0.29, 0.717) is 34.9 Å². The average Bonchev–Trinajstić information content (AvgIpc) is 3.54. The molecule has 0 aromatic carbocycles. The van der Waals surface area contributed by atoms with Crippen molar-refractivity contribution in [3.63, 3.8) is 0 Å². The van der Waals surface area contributed by atoms with E-state index in [1.807, 2.05) is 10.7 Å². The van der Waals surface area contributed by atoms with Crippen LogP contribution in [0.15, 0.2) is 18.3 Å². The zero-order chi connectivity index (χ0) is 21.0. The van der Waals surface area contributed by atoms with Crippen LogP contribution in [0.1, 0.15) is 30.0 Å². The van der Waals surface area contributed by atoms with Crippen LogP contribution in [0.3, 0.4) is 0 Å². The molecule has 0 amide bonds. The van der Waals surface area contributed by atoms with Crippen molar-refractivity contribution in [3.8, 4) is 11.3 Å². The number of piperidine rings is 1. The van der Waals surface area contributed by atoms with Crippen molar-refractivity contribution in [3.05, 3.63) is 29.6 Å². The Balaban J connectivity index is 1.41. The molecule has 2 aliphatic carbocycles. The second kappa shape index (κ2) is 7.23. The molecule has 2 aromatic heterocycles. The minimum Gasteiger partial charge on any atom is -0.383 e. The number of methoxy groups -OCH3 is 1. The normalized spacial score (nSPS) is 26.2. The number of alkyl halides is 3. The van der Waals surface area contributed by atoms with Gasteiger partial charge in [-0.1, -0.05) is 0 Å². The van der Waals surface area contributed by atoms with Gasteiger partial charge in [0.05, 0.1) is 17.9 Å². The van der Waals surface area contributed by atoms with Crippen LogP contribution in [0.25, 0.3) is 11.3 Å². The van der Waals surface area contributed by atoms with Crippen LogP contribution in [-0.2, 0) is 17.5 Å². The van der Waals surface area contributed by atoms with Crippen LogP contribution >= 0.6 is 0 Å². The molecular formula is C21H26F3N5O. The fourth-order valence-corrected chi connectivity index (χ4v) is 4.83. The lowest BCUT2D eigenvalue weighted by atomic mass is 10.1. The second-order valence-electron chi connectivity index (χ2n) is 8.84. The Hall–Kier alpha value is -2.13. The number of hydrogen-bond acceptors (Lipinski definition) is 5. The zero-order valence-electron chi connectivity index (χ0n) is 16.9. The van der Waals surface area contributed by atoms with Crippen LogP contribution in [-0.4, -0.2) is 53.0 Å². The molecule has 3 atom stereocenters. The van der Waals surface area contributed by atoms with Crippen molar-refractivity contribution in [1.29, 1.82) is 0 Å². The number of likely N-dealkylation sites (tertiary alicyclic amines) is 1. The van der Waals surface area contributed by atoms with Gasteiger partial charge in [0.25, 0.3) is 0 Å².